The van der Waals surface area contributed by atoms with Gasteiger partial charge in [-0.05, 0) is 39.1 Å². The molecule has 2 rings (SSSR count). The van der Waals surface area contributed by atoms with Gasteiger partial charge in [-0.3, -0.25) is 4.79 Å². The van der Waals surface area contributed by atoms with Crippen LogP contribution in [-0.4, -0.2) is 33.3 Å². The number of carbonyl (C=O) groups excluding carboxylic acids is 1. The Labute approximate surface area is 116 Å². The van der Waals surface area contributed by atoms with Gasteiger partial charge in [0.15, 0.2) is 5.82 Å². The van der Waals surface area contributed by atoms with Crippen molar-refractivity contribution in [3.05, 3.63) is 36.7 Å². The highest BCUT2D eigenvalue weighted by atomic mass is 19.1. The number of hydrogen-bond acceptors (Lipinski definition) is 4. The van der Waals surface area contributed by atoms with E-state index in [-0.39, 0.29) is 11.6 Å². The van der Waals surface area contributed by atoms with Crippen molar-refractivity contribution in [3.63, 3.8) is 0 Å². The number of nitrogens with zero attached hydrogens (tertiary/aromatic N) is 3. The molecule has 0 spiro atoms. The van der Waals surface area contributed by atoms with E-state index in [1.807, 2.05) is 0 Å². The SMILES string of the molecule is CNC(C)(C)C(=O)Nc1ccc(-n2cncn2)c(F)c1. The van der Waals surface area contributed by atoms with Gasteiger partial charge in [-0.2, -0.15) is 5.10 Å². The van der Waals surface area contributed by atoms with Crippen molar-refractivity contribution in [3.8, 4) is 5.69 Å². The number of anilines is 1. The van der Waals surface area contributed by atoms with Crippen LogP contribution >= 0.6 is 0 Å². The molecule has 0 atom stereocenters. The second-order valence-corrected chi connectivity index (χ2v) is 4.84. The minimum absolute atomic E-state index is 0.243. The number of carbonyl (C=O) groups is 1. The highest BCUT2D eigenvalue weighted by molar-refractivity contribution is 5.97. The lowest BCUT2D eigenvalue weighted by molar-refractivity contribution is -0.121. The Morgan fingerprint density at radius 3 is 2.70 bits per heavy atom. The Morgan fingerprint density at radius 2 is 2.15 bits per heavy atom. The van der Waals surface area contributed by atoms with Crippen LogP contribution in [0.15, 0.2) is 30.9 Å². The summed E-state index contributed by atoms with van der Waals surface area (Å²) in [5, 5.41) is 9.40. The van der Waals surface area contributed by atoms with Crippen LogP contribution in [0.3, 0.4) is 0 Å². The smallest absolute Gasteiger partial charge is 0.244 e. The van der Waals surface area contributed by atoms with Crippen LogP contribution < -0.4 is 10.6 Å². The Hall–Kier alpha value is -2.28. The number of rotatable bonds is 4. The minimum Gasteiger partial charge on any atom is -0.324 e. The van der Waals surface area contributed by atoms with Gasteiger partial charge >= 0.3 is 0 Å². The number of likely N-dealkylation sites (N-methyl/N-ethyl adjacent to an activating group) is 1. The van der Waals surface area contributed by atoms with Gasteiger partial charge in [-0.15, -0.1) is 0 Å². The molecule has 20 heavy (non-hydrogen) atoms. The van der Waals surface area contributed by atoms with Crippen LogP contribution in [0.1, 0.15) is 13.8 Å². The van der Waals surface area contributed by atoms with Crippen molar-refractivity contribution in [1.82, 2.24) is 20.1 Å². The summed E-state index contributed by atoms with van der Waals surface area (Å²) in [4.78, 5) is 15.7. The van der Waals surface area contributed by atoms with Crippen molar-refractivity contribution in [2.24, 2.45) is 0 Å². The lowest BCUT2D eigenvalue weighted by Gasteiger charge is -2.22. The van der Waals surface area contributed by atoms with Crippen molar-refractivity contribution >= 4 is 11.6 Å². The first-order chi connectivity index (χ1) is 9.44. The van der Waals surface area contributed by atoms with E-state index in [0.717, 1.165) is 0 Å². The standard InChI is InChI=1S/C13H16FN5O/c1-13(2,15-3)12(20)18-9-4-5-11(10(14)6-9)19-8-16-7-17-19/h4-8,15H,1-3H3,(H,18,20). The van der Waals surface area contributed by atoms with Crippen molar-refractivity contribution in [2.75, 3.05) is 12.4 Å². The van der Waals surface area contributed by atoms with E-state index in [1.165, 1.54) is 29.5 Å². The second-order valence-electron chi connectivity index (χ2n) is 4.84. The van der Waals surface area contributed by atoms with Gasteiger partial charge < -0.3 is 10.6 Å². The van der Waals surface area contributed by atoms with Gasteiger partial charge in [0.25, 0.3) is 0 Å². The molecule has 0 bridgehead atoms. The molecule has 106 valence electrons. The fraction of sp³-hybridized carbons (Fsp3) is 0.308. The van der Waals surface area contributed by atoms with Gasteiger partial charge in [0.2, 0.25) is 5.91 Å². The van der Waals surface area contributed by atoms with Crippen LogP contribution in [0, 0.1) is 5.82 Å². The molecule has 0 saturated heterocycles. The monoisotopic (exact) mass is 277 g/mol. The van der Waals surface area contributed by atoms with E-state index < -0.39 is 11.4 Å². The summed E-state index contributed by atoms with van der Waals surface area (Å²) in [5.41, 5.74) is -0.0748. The molecule has 0 aliphatic carbocycles. The van der Waals surface area contributed by atoms with Gasteiger partial charge in [0, 0.05) is 5.69 Å². The molecule has 0 aliphatic rings. The van der Waals surface area contributed by atoms with E-state index >= 15 is 0 Å². The molecular formula is C13H16FN5O. The third-order valence-electron chi connectivity index (χ3n) is 3.06. The van der Waals surface area contributed by atoms with Crippen LogP contribution in [0.25, 0.3) is 5.69 Å². The summed E-state index contributed by atoms with van der Waals surface area (Å²) in [7, 11) is 1.69. The second kappa shape index (κ2) is 5.38. The topological polar surface area (TPSA) is 71.8 Å². The quantitative estimate of drug-likeness (QED) is 0.884. The molecule has 2 N–H and O–H groups in total. The minimum atomic E-state index is -0.735. The Bertz CT molecular complexity index is 609. The van der Waals surface area contributed by atoms with Crippen LogP contribution in [0.4, 0.5) is 10.1 Å². The first kappa shape index (κ1) is 14.1. The van der Waals surface area contributed by atoms with E-state index in [1.54, 1.807) is 27.0 Å². The lowest BCUT2D eigenvalue weighted by Crippen LogP contribution is -2.47. The van der Waals surface area contributed by atoms with Crippen molar-refractivity contribution in [1.29, 1.82) is 0 Å². The first-order valence-electron chi connectivity index (χ1n) is 6.09. The molecule has 6 nitrogen and oxygen atoms in total. The molecule has 0 aliphatic heterocycles. The molecule has 1 heterocycles. The zero-order chi connectivity index (χ0) is 14.8. The molecule has 1 amide bonds. The third-order valence-corrected chi connectivity index (χ3v) is 3.06. The lowest BCUT2D eigenvalue weighted by atomic mass is 10.1. The summed E-state index contributed by atoms with van der Waals surface area (Å²) in [6.07, 6.45) is 2.73. The van der Waals surface area contributed by atoms with Gasteiger partial charge in [0.05, 0.1) is 5.54 Å². The molecular weight excluding hydrogens is 261 g/mol. The summed E-state index contributed by atoms with van der Waals surface area (Å²) >= 11 is 0. The molecule has 1 aromatic carbocycles. The average molecular weight is 277 g/mol. The molecule has 1 aromatic heterocycles. The van der Waals surface area contributed by atoms with Crippen molar-refractivity contribution in [2.45, 2.75) is 19.4 Å². The largest absolute Gasteiger partial charge is 0.324 e. The number of hydrogen-bond donors (Lipinski definition) is 2. The number of halogens is 1. The van der Waals surface area contributed by atoms with E-state index in [9.17, 15) is 9.18 Å². The maximum atomic E-state index is 14.0. The van der Waals surface area contributed by atoms with Gasteiger partial charge in [-0.25, -0.2) is 14.1 Å². The normalized spacial score (nSPS) is 11.4. The maximum Gasteiger partial charge on any atom is 0.244 e. The van der Waals surface area contributed by atoms with E-state index in [2.05, 4.69) is 20.7 Å². The van der Waals surface area contributed by atoms with Crippen LogP contribution in [0.5, 0.6) is 0 Å². The summed E-state index contributed by atoms with van der Waals surface area (Å²) in [6.45, 7) is 3.48. The number of aromatic nitrogens is 3. The van der Waals surface area contributed by atoms with Gasteiger partial charge in [0.1, 0.15) is 18.3 Å². The zero-order valence-corrected chi connectivity index (χ0v) is 11.5. The predicted octanol–water partition coefficient (Wildman–Crippen LogP) is 1.34. The number of benzene rings is 1. The summed E-state index contributed by atoms with van der Waals surface area (Å²) in [6, 6.07) is 4.40. The Kier molecular flexibility index (Phi) is 3.80. The molecule has 7 heteroatoms. The Morgan fingerprint density at radius 1 is 1.40 bits per heavy atom. The number of amides is 1. The fourth-order valence-corrected chi connectivity index (χ4v) is 1.50. The van der Waals surface area contributed by atoms with Crippen molar-refractivity contribution < 1.29 is 9.18 Å². The molecule has 2 aromatic rings. The molecule has 0 unspecified atom stereocenters. The van der Waals surface area contributed by atoms with E-state index in [4.69, 9.17) is 0 Å². The predicted molar refractivity (Wildman–Crippen MR) is 73.1 cm³/mol. The summed E-state index contributed by atoms with van der Waals surface area (Å²) in [5.74, 6) is -0.733. The van der Waals surface area contributed by atoms with Gasteiger partial charge in [-0.1, -0.05) is 0 Å². The summed E-state index contributed by atoms with van der Waals surface area (Å²) < 4.78 is 15.3. The highest BCUT2D eigenvalue weighted by Gasteiger charge is 2.25. The average Bonchev–Trinajstić information content (AvgIpc) is 2.92. The highest BCUT2D eigenvalue weighted by Crippen LogP contribution is 2.18. The Balaban J connectivity index is 2.20. The van der Waals surface area contributed by atoms with Crippen LogP contribution in [-0.2, 0) is 4.79 Å². The first-order valence-corrected chi connectivity index (χ1v) is 6.09. The van der Waals surface area contributed by atoms with E-state index in [0.29, 0.717) is 5.69 Å². The number of nitrogens with one attached hydrogen (secondary N) is 2. The third kappa shape index (κ3) is 2.83. The fourth-order valence-electron chi connectivity index (χ4n) is 1.50. The zero-order valence-electron chi connectivity index (χ0n) is 11.5. The van der Waals surface area contributed by atoms with Crippen LogP contribution in [0.2, 0.25) is 0 Å². The molecule has 0 fully saturated rings. The molecule has 0 radical (unpaired) electrons. The maximum absolute atomic E-state index is 14.0. The molecule has 0 saturated carbocycles.